The number of rotatable bonds is 7. The van der Waals surface area contributed by atoms with Crippen LogP contribution in [0.3, 0.4) is 0 Å². The summed E-state index contributed by atoms with van der Waals surface area (Å²) in [6.07, 6.45) is -0.755. The molecule has 1 aliphatic heterocycles. The van der Waals surface area contributed by atoms with E-state index in [1.165, 1.54) is 17.0 Å². The molecule has 2 aromatic carbocycles. The fourth-order valence-electron chi connectivity index (χ4n) is 4.18. The van der Waals surface area contributed by atoms with Crippen LogP contribution in [0.1, 0.15) is 25.3 Å². The van der Waals surface area contributed by atoms with Gasteiger partial charge in [0.2, 0.25) is 10.0 Å². The molecule has 9 nitrogen and oxygen atoms in total. The minimum atomic E-state index is -4.45. The van der Waals surface area contributed by atoms with E-state index in [1.54, 1.807) is 6.92 Å². The van der Waals surface area contributed by atoms with E-state index in [-0.39, 0.29) is 31.7 Å². The number of carbonyl (C=O) groups excluding carboxylic acids is 2. The van der Waals surface area contributed by atoms with Crippen LogP contribution < -0.4 is 4.31 Å². The molecular formula is C24H26FN3O6S. The summed E-state index contributed by atoms with van der Waals surface area (Å²) in [7, 11) is -3.40. The molecule has 0 spiro atoms. The Kier molecular flexibility index (Phi) is 7.96. The van der Waals surface area contributed by atoms with Crippen molar-refractivity contribution in [2.75, 3.05) is 23.7 Å². The van der Waals surface area contributed by atoms with Crippen molar-refractivity contribution in [2.45, 2.75) is 38.0 Å². The summed E-state index contributed by atoms with van der Waals surface area (Å²) in [5.41, 5.74) is -0.957. The van der Waals surface area contributed by atoms with Crippen molar-refractivity contribution in [3.8, 4) is 6.07 Å². The summed E-state index contributed by atoms with van der Waals surface area (Å²) in [6, 6.07) is 15.4. The topological polar surface area (TPSA) is 117 Å². The standard InChI is InChI=1S/C24H26FN3O6S/c1-18-14-24(17-26,11-12-27(18)23(30)34-15-19-7-4-3-5-8-19)28(21-10-6-9-20(25)13-21)35(31,32)16-22(29)33-2/h3-10,13,18H,11-12,14-16H2,1-2H3/t18-,24+/m0/s1. The number of piperidine rings is 1. The van der Waals surface area contributed by atoms with E-state index >= 15 is 0 Å². The van der Waals surface area contributed by atoms with E-state index in [0.29, 0.717) is 0 Å². The lowest BCUT2D eigenvalue weighted by molar-refractivity contribution is -0.137. The van der Waals surface area contributed by atoms with E-state index < -0.39 is 45.2 Å². The number of amides is 1. The van der Waals surface area contributed by atoms with Gasteiger partial charge in [-0.2, -0.15) is 5.26 Å². The highest BCUT2D eigenvalue weighted by molar-refractivity contribution is 7.93. The van der Waals surface area contributed by atoms with Crippen LogP contribution in [0.15, 0.2) is 54.6 Å². The van der Waals surface area contributed by atoms with Crippen molar-refractivity contribution in [2.24, 2.45) is 0 Å². The van der Waals surface area contributed by atoms with Crippen LogP contribution in [0.25, 0.3) is 0 Å². The molecule has 0 aliphatic carbocycles. The van der Waals surface area contributed by atoms with E-state index in [2.05, 4.69) is 10.8 Å². The van der Waals surface area contributed by atoms with Gasteiger partial charge >= 0.3 is 12.1 Å². The molecule has 0 saturated carbocycles. The third-order valence-corrected chi connectivity index (χ3v) is 7.53. The second-order valence-corrected chi connectivity index (χ2v) is 10.1. The minimum Gasteiger partial charge on any atom is -0.468 e. The zero-order chi connectivity index (χ0) is 25.6. The highest BCUT2D eigenvalue weighted by atomic mass is 32.2. The first kappa shape index (κ1) is 26.0. The number of likely N-dealkylation sites (tertiary alicyclic amines) is 1. The lowest BCUT2D eigenvalue weighted by atomic mass is 9.84. The van der Waals surface area contributed by atoms with E-state index in [1.807, 2.05) is 30.3 Å². The van der Waals surface area contributed by atoms with Gasteiger partial charge in [-0.05, 0) is 30.7 Å². The van der Waals surface area contributed by atoms with Gasteiger partial charge < -0.3 is 14.4 Å². The van der Waals surface area contributed by atoms with E-state index in [4.69, 9.17) is 4.74 Å². The summed E-state index contributed by atoms with van der Waals surface area (Å²) in [6.45, 7) is 1.75. The monoisotopic (exact) mass is 503 g/mol. The molecule has 0 bridgehead atoms. The van der Waals surface area contributed by atoms with Gasteiger partial charge in [0.25, 0.3) is 0 Å². The van der Waals surface area contributed by atoms with Crippen LogP contribution in [0.5, 0.6) is 0 Å². The number of benzene rings is 2. The van der Waals surface area contributed by atoms with E-state index in [0.717, 1.165) is 29.1 Å². The van der Waals surface area contributed by atoms with Gasteiger partial charge in [-0.15, -0.1) is 0 Å². The van der Waals surface area contributed by atoms with Crippen molar-refractivity contribution in [3.05, 3.63) is 66.0 Å². The van der Waals surface area contributed by atoms with Crippen LogP contribution >= 0.6 is 0 Å². The normalized spacial score (nSPS) is 19.9. The Labute approximate surface area is 203 Å². The minimum absolute atomic E-state index is 0.0158. The second kappa shape index (κ2) is 10.7. The van der Waals surface area contributed by atoms with Crippen LogP contribution in [-0.2, 0) is 30.9 Å². The highest BCUT2D eigenvalue weighted by Crippen LogP contribution is 2.38. The number of carbonyl (C=O) groups is 2. The predicted octanol–water partition coefficient (Wildman–Crippen LogP) is 3.22. The molecule has 1 heterocycles. The first-order valence-electron chi connectivity index (χ1n) is 10.9. The Hall–Kier alpha value is -3.65. The molecule has 0 unspecified atom stereocenters. The summed E-state index contributed by atoms with van der Waals surface area (Å²) in [4.78, 5) is 26.0. The Morgan fingerprint density at radius 2 is 1.94 bits per heavy atom. The average molecular weight is 504 g/mol. The number of nitriles is 1. The second-order valence-electron chi connectivity index (χ2n) is 8.26. The lowest BCUT2D eigenvalue weighted by Gasteiger charge is -2.46. The molecule has 186 valence electrons. The van der Waals surface area contributed by atoms with Gasteiger partial charge in [-0.3, -0.25) is 4.79 Å². The Morgan fingerprint density at radius 1 is 1.23 bits per heavy atom. The summed E-state index contributed by atoms with van der Waals surface area (Å²) < 4.78 is 51.4. The molecule has 0 radical (unpaired) electrons. The Balaban J connectivity index is 1.88. The number of methoxy groups -OCH3 is 1. The van der Waals surface area contributed by atoms with Gasteiger partial charge in [0, 0.05) is 25.4 Å². The molecular weight excluding hydrogens is 477 g/mol. The molecule has 1 fully saturated rings. The zero-order valence-corrected chi connectivity index (χ0v) is 20.2. The van der Waals surface area contributed by atoms with Crippen LogP contribution in [0, 0.1) is 17.1 Å². The molecule has 0 aromatic heterocycles. The molecule has 1 aliphatic rings. The lowest BCUT2D eigenvalue weighted by Crippen LogP contribution is -2.61. The number of hydrogen-bond acceptors (Lipinski definition) is 7. The summed E-state index contributed by atoms with van der Waals surface area (Å²) in [5, 5.41) is 10.2. The van der Waals surface area contributed by atoms with E-state index in [9.17, 15) is 27.7 Å². The molecule has 1 saturated heterocycles. The Bertz CT molecular complexity index is 1220. The van der Waals surface area contributed by atoms with Crippen molar-refractivity contribution in [1.29, 1.82) is 5.26 Å². The number of esters is 1. The molecule has 35 heavy (non-hydrogen) atoms. The Morgan fingerprint density at radius 3 is 2.54 bits per heavy atom. The maximum atomic E-state index is 14.0. The predicted molar refractivity (Wildman–Crippen MR) is 125 cm³/mol. The first-order chi connectivity index (χ1) is 16.6. The van der Waals surface area contributed by atoms with Gasteiger partial charge in [0.1, 0.15) is 18.0 Å². The van der Waals surface area contributed by atoms with Crippen molar-refractivity contribution >= 4 is 27.8 Å². The van der Waals surface area contributed by atoms with Gasteiger partial charge in [0.15, 0.2) is 5.75 Å². The van der Waals surface area contributed by atoms with Gasteiger partial charge in [-0.25, -0.2) is 21.9 Å². The third kappa shape index (κ3) is 5.89. The number of nitrogens with zero attached hydrogens (tertiary/aromatic N) is 3. The smallest absolute Gasteiger partial charge is 0.410 e. The number of hydrogen-bond donors (Lipinski definition) is 0. The summed E-state index contributed by atoms with van der Waals surface area (Å²) in [5.74, 6) is -2.75. The summed E-state index contributed by atoms with van der Waals surface area (Å²) >= 11 is 0. The molecule has 2 aromatic rings. The fraction of sp³-hybridized carbons (Fsp3) is 0.375. The molecule has 3 rings (SSSR count). The van der Waals surface area contributed by atoms with Crippen molar-refractivity contribution in [1.82, 2.24) is 4.90 Å². The zero-order valence-electron chi connectivity index (χ0n) is 19.4. The SMILES string of the molecule is COC(=O)CS(=O)(=O)N(c1cccc(F)c1)[C@]1(C#N)CCN(C(=O)OCc2ccccc2)[C@@H](C)C1. The van der Waals surface area contributed by atoms with Crippen LogP contribution in [0.2, 0.25) is 0 Å². The molecule has 2 atom stereocenters. The van der Waals surface area contributed by atoms with Crippen LogP contribution in [0.4, 0.5) is 14.9 Å². The molecule has 0 N–H and O–H groups in total. The quantitative estimate of drug-likeness (QED) is 0.533. The molecule has 1 amide bonds. The van der Waals surface area contributed by atoms with Crippen molar-refractivity contribution < 1.29 is 31.9 Å². The highest BCUT2D eigenvalue weighted by Gasteiger charge is 2.50. The number of sulfonamides is 1. The maximum absolute atomic E-state index is 14.0. The number of ether oxygens (including phenoxy) is 2. The van der Waals surface area contributed by atoms with Gasteiger partial charge in [-0.1, -0.05) is 36.4 Å². The van der Waals surface area contributed by atoms with Crippen molar-refractivity contribution in [3.63, 3.8) is 0 Å². The largest absolute Gasteiger partial charge is 0.468 e. The molecule has 11 heteroatoms. The average Bonchev–Trinajstić information content (AvgIpc) is 2.83. The van der Waals surface area contributed by atoms with Crippen LogP contribution in [-0.4, -0.2) is 56.4 Å². The third-order valence-electron chi connectivity index (χ3n) is 5.82. The maximum Gasteiger partial charge on any atom is 0.410 e. The fourth-order valence-corrected chi connectivity index (χ4v) is 5.90. The number of halogens is 1. The number of anilines is 1. The van der Waals surface area contributed by atoms with Gasteiger partial charge in [0.05, 0.1) is 18.9 Å². The first-order valence-corrected chi connectivity index (χ1v) is 12.5.